The second kappa shape index (κ2) is 7.82. The molecule has 4 nitrogen and oxygen atoms in total. The number of piperidine rings is 1. The Morgan fingerprint density at radius 3 is 2.39 bits per heavy atom. The first kappa shape index (κ1) is 16.3. The van der Waals surface area contributed by atoms with Crippen molar-refractivity contribution in [3.8, 4) is 0 Å². The van der Waals surface area contributed by atoms with Crippen molar-refractivity contribution >= 4 is 17.3 Å². The van der Waals surface area contributed by atoms with Gasteiger partial charge in [-0.2, -0.15) is 0 Å². The van der Waals surface area contributed by atoms with Crippen LogP contribution in [0.5, 0.6) is 0 Å². The molecule has 2 aliphatic rings. The highest BCUT2D eigenvalue weighted by molar-refractivity contribution is 5.91. The summed E-state index contributed by atoms with van der Waals surface area (Å²) in [5.74, 6) is 0.969. The van der Waals surface area contributed by atoms with E-state index in [1.54, 1.807) is 0 Å². The lowest BCUT2D eigenvalue weighted by Gasteiger charge is -2.32. The van der Waals surface area contributed by atoms with E-state index in [4.69, 9.17) is 0 Å². The predicted octanol–water partition coefficient (Wildman–Crippen LogP) is 3.35. The van der Waals surface area contributed by atoms with E-state index in [1.165, 1.54) is 31.4 Å². The summed E-state index contributed by atoms with van der Waals surface area (Å²) >= 11 is 0. The third kappa shape index (κ3) is 4.71. The Bertz CT molecular complexity index is 500. The van der Waals surface area contributed by atoms with Crippen LogP contribution in [-0.4, -0.2) is 43.5 Å². The van der Waals surface area contributed by atoms with E-state index in [0.717, 1.165) is 44.3 Å². The van der Waals surface area contributed by atoms with E-state index in [2.05, 4.69) is 34.2 Å². The molecule has 1 amide bonds. The highest BCUT2D eigenvalue weighted by atomic mass is 16.1. The topological polar surface area (TPSA) is 35.6 Å². The summed E-state index contributed by atoms with van der Waals surface area (Å²) in [5.41, 5.74) is 2.18. The second-order valence-electron chi connectivity index (χ2n) is 7.06. The number of anilines is 2. The van der Waals surface area contributed by atoms with Gasteiger partial charge in [-0.15, -0.1) is 0 Å². The summed E-state index contributed by atoms with van der Waals surface area (Å²) in [6.07, 6.45) is 5.69. The molecule has 2 fully saturated rings. The lowest BCUT2D eigenvalue weighted by atomic mass is 9.99. The maximum atomic E-state index is 12.0. The second-order valence-corrected chi connectivity index (χ2v) is 7.06. The fourth-order valence-electron chi connectivity index (χ4n) is 3.51. The van der Waals surface area contributed by atoms with Crippen LogP contribution in [0.1, 0.15) is 39.0 Å². The lowest BCUT2D eigenvalue weighted by Crippen LogP contribution is -2.32. The van der Waals surface area contributed by atoms with Crippen LogP contribution in [0.2, 0.25) is 0 Å². The smallest absolute Gasteiger partial charge is 0.225 e. The highest BCUT2D eigenvalue weighted by Crippen LogP contribution is 2.24. The van der Waals surface area contributed by atoms with Gasteiger partial charge in [-0.3, -0.25) is 4.79 Å². The van der Waals surface area contributed by atoms with E-state index >= 15 is 0 Å². The van der Waals surface area contributed by atoms with Crippen LogP contribution in [0.15, 0.2) is 24.3 Å². The zero-order chi connectivity index (χ0) is 16.1. The first-order valence-corrected chi connectivity index (χ1v) is 9.08. The quantitative estimate of drug-likeness (QED) is 0.905. The van der Waals surface area contributed by atoms with Crippen LogP contribution < -0.4 is 10.2 Å². The maximum Gasteiger partial charge on any atom is 0.225 e. The number of likely N-dealkylation sites (tertiary alicyclic amines) is 1. The predicted molar refractivity (Wildman–Crippen MR) is 96.0 cm³/mol. The Balaban J connectivity index is 1.46. The van der Waals surface area contributed by atoms with Crippen LogP contribution >= 0.6 is 0 Å². The molecule has 1 aromatic rings. The van der Waals surface area contributed by atoms with Gasteiger partial charge >= 0.3 is 0 Å². The molecule has 0 atom stereocenters. The third-order valence-electron chi connectivity index (χ3n) is 5.15. The van der Waals surface area contributed by atoms with Gasteiger partial charge in [-0.05, 0) is 69.0 Å². The van der Waals surface area contributed by atoms with Crippen molar-refractivity contribution in [1.82, 2.24) is 4.90 Å². The number of nitrogens with zero attached hydrogens (tertiary/aromatic N) is 2. The number of carbonyl (C=O) groups is 1. The first-order chi connectivity index (χ1) is 11.2. The average molecular weight is 315 g/mol. The van der Waals surface area contributed by atoms with E-state index in [9.17, 15) is 4.79 Å². The van der Waals surface area contributed by atoms with Crippen molar-refractivity contribution in [2.24, 2.45) is 5.92 Å². The van der Waals surface area contributed by atoms with Gasteiger partial charge in [0.25, 0.3) is 0 Å². The number of benzene rings is 1. The fourth-order valence-corrected chi connectivity index (χ4v) is 3.51. The molecule has 2 aliphatic heterocycles. The van der Waals surface area contributed by atoms with Crippen molar-refractivity contribution in [3.63, 3.8) is 0 Å². The molecule has 0 spiro atoms. The van der Waals surface area contributed by atoms with Crippen molar-refractivity contribution < 1.29 is 4.79 Å². The number of hydrogen-bond donors (Lipinski definition) is 1. The van der Waals surface area contributed by atoms with E-state index in [0.29, 0.717) is 6.42 Å². The molecule has 2 saturated heterocycles. The Morgan fingerprint density at radius 1 is 1.09 bits per heavy atom. The average Bonchev–Trinajstić information content (AvgIpc) is 3.08. The van der Waals surface area contributed by atoms with E-state index in [1.807, 2.05) is 12.1 Å². The van der Waals surface area contributed by atoms with Gasteiger partial charge in [0.2, 0.25) is 5.91 Å². The van der Waals surface area contributed by atoms with Crippen LogP contribution in [0.3, 0.4) is 0 Å². The summed E-state index contributed by atoms with van der Waals surface area (Å²) in [5, 5.41) is 3.02. The molecule has 0 radical (unpaired) electrons. The van der Waals surface area contributed by atoms with Crippen LogP contribution in [0.25, 0.3) is 0 Å². The molecule has 0 unspecified atom stereocenters. The highest BCUT2D eigenvalue weighted by Gasteiger charge is 2.16. The van der Waals surface area contributed by atoms with Gasteiger partial charge in [-0.1, -0.05) is 6.92 Å². The number of carbonyl (C=O) groups excluding carboxylic acids is 1. The molecule has 126 valence electrons. The third-order valence-corrected chi connectivity index (χ3v) is 5.15. The van der Waals surface area contributed by atoms with Gasteiger partial charge in [-0.25, -0.2) is 0 Å². The summed E-state index contributed by atoms with van der Waals surface area (Å²) in [7, 11) is 0. The van der Waals surface area contributed by atoms with Gasteiger partial charge in [0.1, 0.15) is 0 Å². The minimum atomic E-state index is 0.122. The molecule has 1 N–H and O–H groups in total. The Kier molecular flexibility index (Phi) is 5.55. The number of nitrogens with one attached hydrogen (secondary N) is 1. The molecule has 3 rings (SSSR count). The summed E-state index contributed by atoms with van der Waals surface area (Å²) in [6.45, 7) is 7.80. The standard InChI is InChI=1S/C19H29N3O/c1-16-8-14-22(15-9-16)18-6-4-17(5-7-18)20-19(23)10-13-21-11-2-3-12-21/h4-7,16H,2-3,8-15H2,1H3,(H,20,23). The molecule has 0 bridgehead atoms. The van der Waals surface area contributed by atoms with Crippen molar-refractivity contribution in [2.45, 2.75) is 39.0 Å². The van der Waals surface area contributed by atoms with Gasteiger partial charge in [0, 0.05) is 37.4 Å². The number of hydrogen-bond acceptors (Lipinski definition) is 3. The Hall–Kier alpha value is -1.55. The van der Waals surface area contributed by atoms with Gasteiger partial charge < -0.3 is 15.1 Å². The molecule has 0 saturated carbocycles. The molecular weight excluding hydrogens is 286 g/mol. The zero-order valence-electron chi connectivity index (χ0n) is 14.3. The Labute approximate surface area is 139 Å². The van der Waals surface area contributed by atoms with Crippen molar-refractivity contribution in [2.75, 3.05) is 42.9 Å². The minimum absolute atomic E-state index is 0.122. The first-order valence-electron chi connectivity index (χ1n) is 9.08. The van der Waals surface area contributed by atoms with Crippen LogP contribution in [0.4, 0.5) is 11.4 Å². The maximum absolute atomic E-state index is 12.0. The largest absolute Gasteiger partial charge is 0.372 e. The molecule has 23 heavy (non-hydrogen) atoms. The molecule has 0 aliphatic carbocycles. The molecular formula is C19H29N3O. The monoisotopic (exact) mass is 315 g/mol. The summed E-state index contributed by atoms with van der Waals surface area (Å²) < 4.78 is 0. The van der Waals surface area contributed by atoms with Gasteiger partial charge in [0.05, 0.1) is 0 Å². The summed E-state index contributed by atoms with van der Waals surface area (Å²) in [4.78, 5) is 16.9. The normalized spacial score (nSPS) is 20.0. The zero-order valence-corrected chi connectivity index (χ0v) is 14.3. The van der Waals surface area contributed by atoms with E-state index < -0.39 is 0 Å². The molecule has 1 aromatic carbocycles. The van der Waals surface area contributed by atoms with Crippen LogP contribution in [-0.2, 0) is 4.79 Å². The van der Waals surface area contributed by atoms with Gasteiger partial charge in [0.15, 0.2) is 0 Å². The van der Waals surface area contributed by atoms with E-state index in [-0.39, 0.29) is 5.91 Å². The van der Waals surface area contributed by atoms with Crippen molar-refractivity contribution in [1.29, 1.82) is 0 Å². The van der Waals surface area contributed by atoms with Crippen LogP contribution in [0, 0.1) is 5.92 Å². The number of rotatable bonds is 5. The fraction of sp³-hybridized carbons (Fsp3) is 0.632. The Morgan fingerprint density at radius 2 is 1.74 bits per heavy atom. The molecule has 4 heteroatoms. The minimum Gasteiger partial charge on any atom is -0.372 e. The van der Waals surface area contributed by atoms with Crippen molar-refractivity contribution in [3.05, 3.63) is 24.3 Å². The lowest BCUT2D eigenvalue weighted by molar-refractivity contribution is -0.116. The molecule has 0 aromatic heterocycles. The number of amides is 1. The SMILES string of the molecule is CC1CCN(c2ccc(NC(=O)CCN3CCCC3)cc2)CC1. The molecule has 2 heterocycles. The summed E-state index contributed by atoms with van der Waals surface area (Å²) in [6, 6.07) is 8.32.